The number of hydrogen-bond donors (Lipinski definition) is 0. The lowest BCUT2D eigenvalue weighted by molar-refractivity contribution is 0.366. The first kappa shape index (κ1) is 14.3. The molecule has 5 saturated heterocycles. The number of rotatable bonds is 0. The summed E-state index contributed by atoms with van der Waals surface area (Å²) in [4.78, 5) is 0. The van der Waals surface area contributed by atoms with Gasteiger partial charge in [-0.15, -0.1) is 0 Å². The van der Waals surface area contributed by atoms with Gasteiger partial charge in [0.15, 0.2) is 0 Å². The highest BCUT2D eigenvalue weighted by atomic mass is 32.3. The summed E-state index contributed by atoms with van der Waals surface area (Å²) in [5.41, 5.74) is 1.61. The van der Waals surface area contributed by atoms with E-state index < -0.39 is 0 Å². The Kier molecular flexibility index (Phi) is 2.37. The molecule has 5 aliphatic heterocycles. The van der Waals surface area contributed by atoms with Gasteiger partial charge in [0.25, 0.3) is 0 Å². The van der Waals surface area contributed by atoms with Gasteiger partial charge in [0, 0.05) is 21.1 Å². The molecule has 2 unspecified atom stereocenters. The lowest BCUT2D eigenvalue weighted by Gasteiger charge is -2.46. The lowest BCUT2D eigenvalue weighted by Crippen LogP contribution is -2.39. The summed E-state index contributed by atoms with van der Waals surface area (Å²) in [5, 5.41) is 0. The van der Waals surface area contributed by atoms with Gasteiger partial charge in [-0.05, 0) is 46.8 Å². The Morgan fingerprint density at radius 3 is 1.16 bits per heavy atom. The Balaban J connectivity index is 1.82. The Morgan fingerprint density at radius 2 is 0.947 bits per heavy atom. The van der Waals surface area contributed by atoms with E-state index >= 15 is 0 Å². The van der Waals surface area contributed by atoms with Crippen LogP contribution in [-0.4, -0.2) is 19.3 Å². The van der Waals surface area contributed by atoms with Crippen LogP contribution >= 0.6 is 30.7 Å². The summed E-state index contributed by atoms with van der Waals surface area (Å²) < 4.78 is 4.89. The maximum absolute atomic E-state index is 3.12. The van der Waals surface area contributed by atoms with E-state index in [1.165, 1.54) is 0 Å². The Labute approximate surface area is 123 Å². The van der Waals surface area contributed by atoms with Crippen LogP contribution in [0.3, 0.4) is 0 Å². The summed E-state index contributed by atoms with van der Waals surface area (Å²) in [7, 11) is 1.29. The smallest absolute Gasteiger partial charge is 0.0653 e. The minimum atomic E-state index is 0.271. The van der Waals surface area contributed by atoms with Crippen LogP contribution in [-0.2, 0) is 0 Å². The third-order valence-electron chi connectivity index (χ3n) is 5.01. The van der Waals surface area contributed by atoms with E-state index in [0.717, 1.165) is 9.28 Å². The fourth-order valence-electron chi connectivity index (χ4n) is 4.36. The largest absolute Gasteiger partial charge is 0.245 e. The molecule has 0 aromatic carbocycles. The van der Waals surface area contributed by atoms with Gasteiger partial charge in [-0.25, -0.2) is 4.44 Å². The minimum Gasteiger partial charge on any atom is -0.245 e. The quantitative estimate of drug-likeness (QED) is 0.426. The van der Waals surface area contributed by atoms with E-state index in [1.807, 2.05) is 0 Å². The molecule has 0 saturated carbocycles. The summed E-state index contributed by atoms with van der Waals surface area (Å²) in [6, 6.07) is 0. The molecule has 0 spiro atoms. The Hall–Kier alpha value is 1.68. The molecule has 5 rings (SSSR count). The first-order valence-electron chi connectivity index (χ1n) is 7.37. The van der Waals surface area contributed by atoms with Gasteiger partial charge in [-0.2, -0.15) is 0 Å². The summed E-state index contributed by atoms with van der Waals surface area (Å²) in [5.74, 6) is 0. The highest BCUT2D eigenvalue weighted by Crippen LogP contribution is 3.51. The maximum atomic E-state index is 3.12. The second-order valence-corrected chi connectivity index (χ2v) is 23.8. The maximum Gasteiger partial charge on any atom is 0.0653 e. The van der Waals surface area contributed by atoms with E-state index in [9.17, 15) is 0 Å². The van der Waals surface area contributed by atoms with Crippen LogP contribution in [0.5, 0.6) is 0 Å². The van der Waals surface area contributed by atoms with Crippen LogP contribution in [0, 0.1) is 10.8 Å². The molecule has 2 atom stereocenters. The number of nitrogens with zero attached hydrogens (tertiary/aromatic N) is 1. The van der Waals surface area contributed by atoms with Crippen LogP contribution in [0.25, 0.3) is 0 Å². The monoisotopic (exact) mass is 333 g/mol. The molecule has 5 fully saturated rings. The standard InChI is InChI=1S/C14H27NP4/c1-10(2,3)13-16-14(11(4,5)6)17(13)19(14)15(18(13)16)12(7,8)9/h1-9H3. The molecule has 0 aromatic heterocycles. The third kappa shape index (κ3) is 1.13. The average Bonchev–Trinajstić information content (AvgIpc) is 2.74. The van der Waals surface area contributed by atoms with Crippen molar-refractivity contribution in [2.45, 2.75) is 77.1 Å². The normalized spacial score (nSPS) is 54.8. The van der Waals surface area contributed by atoms with Crippen molar-refractivity contribution < 1.29 is 0 Å². The van der Waals surface area contributed by atoms with Crippen molar-refractivity contribution in [3.63, 3.8) is 0 Å². The van der Waals surface area contributed by atoms with E-state index in [-0.39, 0.29) is 15.5 Å². The molecular formula is C14H27NP4. The Bertz CT molecular complexity index is 419. The first-order chi connectivity index (χ1) is 8.35. The molecular weight excluding hydrogens is 306 g/mol. The van der Waals surface area contributed by atoms with E-state index in [2.05, 4.69) is 66.8 Å². The van der Waals surface area contributed by atoms with Gasteiger partial charge in [-0.3, -0.25) is 0 Å². The predicted octanol–water partition coefficient (Wildman–Crippen LogP) is 7.13. The van der Waals surface area contributed by atoms with E-state index in [1.54, 1.807) is 0 Å². The van der Waals surface area contributed by atoms with Crippen molar-refractivity contribution in [1.29, 1.82) is 0 Å². The average molecular weight is 333 g/mol. The van der Waals surface area contributed by atoms with Gasteiger partial charge >= 0.3 is 0 Å². The lowest BCUT2D eigenvalue weighted by atomic mass is 9.98. The van der Waals surface area contributed by atoms with Crippen molar-refractivity contribution in [3.05, 3.63) is 0 Å². The topological polar surface area (TPSA) is 3.24 Å². The third-order valence-corrected chi connectivity index (χ3v) is 34.8. The second kappa shape index (κ2) is 3.15. The van der Waals surface area contributed by atoms with Crippen molar-refractivity contribution in [2.75, 3.05) is 0 Å². The molecule has 0 amide bonds. The summed E-state index contributed by atoms with van der Waals surface area (Å²) in [6.45, 7) is 22.8. The molecule has 5 heterocycles. The van der Waals surface area contributed by atoms with Crippen LogP contribution in [0.15, 0.2) is 0 Å². The Morgan fingerprint density at radius 1 is 0.632 bits per heavy atom. The van der Waals surface area contributed by atoms with Gasteiger partial charge < -0.3 is 0 Å². The fraction of sp³-hybridized carbons (Fsp3) is 1.00. The first-order valence-corrected chi connectivity index (χ1v) is 14.0. The highest BCUT2D eigenvalue weighted by Gasteiger charge is 3.11. The van der Waals surface area contributed by atoms with Gasteiger partial charge in [0.2, 0.25) is 0 Å². The zero-order valence-electron chi connectivity index (χ0n) is 13.7. The molecule has 5 heteroatoms. The van der Waals surface area contributed by atoms with Crippen LogP contribution < -0.4 is 0 Å². The highest BCUT2D eigenvalue weighted by molar-refractivity contribution is 8.83. The van der Waals surface area contributed by atoms with Crippen molar-refractivity contribution in [2.24, 2.45) is 10.8 Å². The zero-order valence-corrected chi connectivity index (χ0v) is 17.3. The SMILES string of the molecule is CC(C)(C)N1P2P3C2(C(C)(C)C)P2P1C32C(C)(C)C. The summed E-state index contributed by atoms with van der Waals surface area (Å²) in [6.07, 6.45) is 0. The fourth-order valence-corrected chi connectivity index (χ4v) is 54.1. The van der Waals surface area contributed by atoms with Crippen LogP contribution in [0.2, 0.25) is 0 Å². The van der Waals surface area contributed by atoms with Gasteiger partial charge in [-0.1, -0.05) is 41.5 Å². The molecule has 0 N–H and O–H groups in total. The molecule has 2 bridgehead atoms. The molecule has 0 radical (unpaired) electrons. The molecule has 0 aliphatic carbocycles. The van der Waals surface area contributed by atoms with Crippen molar-refractivity contribution in [3.8, 4) is 0 Å². The predicted molar refractivity (Wildman–Crippen MR) is 93.6 cm³/mol. The van der Waals surface area contributed by atoms with Crippen LogP contribution in [0.1, 0.15) is 62.3 Å². The minimum absolute atomic E-state index is 0.271. The van der Waals surface area contributed by atoms with E-state index in [4.69, 9.17) is 0 Å². The molecule has 0 aromatic rings. The molecule has 108 valence electrons. The summed E-state index contributed by atoms with van der Waals surface area (Å²) >= 11 is 0. The number of hydrogen-bond acceptors (Lipinski definition) is 1. The van der Waals surface area contributed by atoms with E-state index in [0.29, 0.717) is 31.6 Å². The van der Waals surface area contributed by atoms with Crippen molar-refractivity contribution >= 4 is 30.7 Å². The van der Waals surface area contributed by atoms with Gasteiger partial charge in [0.05, 0.1) is 9.28 Å². The molecule has 5 aliphatic rings. The van der Waals surface area contributed by atoms with Crippen molar-refractivity contribution in [1.82, 2.24) is 4.44 Å². The van der Waals surface area contributed by atoms with Gasteiger partial charge in [0.1, 0.15) is 0 Å². The second-order valence-electron chi connectivity index (χ2n) is 9.43. The molecule has 19 heavy (non-hydrogen) atoms. The van der Waals surface area contributed by atoms with Crippen LogP contribution in [0.4, 0.5) is 0 Å². The zero-order chi connectivity index (χ0) is 14.4. The molecule has 1 nitrogen and oxygen atoms in total.